The Bertz CT molecular complexity index is 505. The fourth-order valence-corrected chi connectivity index (χ4v) is 3.34. The van der Waals surface area contributed by atoms with E-state index >= 15 is 0 Å². The summed E-state index contributed by atoms with van der Waals surface area (Å²) in [5.41, 5.74) is 1.62. The molecule has 4 nitrogen and oxygen atoms in total. The van der Waals surface area contributed by atoms with Crippen LogP contribution < -0.4 is 10.1 Å². The summed E-state index contributed by atoms with van der Waals surface area (Å²) in [5, 5.41) is 3.28. The molecule has 2 atom stereocenters. The molecule has 0 bridgehead atoms. The summed E-state index contributed by atoms with van der Waals surface area (Å²) in [4.78, 5) is 14.8. The van der Waals surface area contributed by atoms with Crippen LogP contribution in [-0.2, 0) is 0 Å². The van der Waals surface area contributed by atoms with E-state index in [9.17, 15) is 4.79 Å². The van der Waals surface area contributed by atoms with E-state index in [1.54, 1.807) is 0 Å². The first-order chi connectivity index (χ1) is 9.65. The Kier molecular flexibility index (Phi) is 3.55. The van der Waals surface area contributed by atoms with Gasteiger partial charge in [-0.1, -0.05) is 19.9 Å². The van der Waals surface area contributed by atoms with E-state index < -0.39 is 0 Å². The highest BCUT2D eigenvalue weighted by Gasteiger charge is 2.28. The molecule has 1 fully saturated rings. The van der Waals surface area contributed by atoms with Crippen LogP contribution in [0.1, 0.15) is 30.6 Å². The molecule has 108 valence electrons. The Morgan fingerprint density at radius 3 is 2.80 bits per heavy atom. The van der Waals surface area contributed by atoms with Crippen LogP contribution in [0.2, 0.25) is 0 Å². The molecule has 3 rings (SSSR count). The molecule has 0 aliphatic carbocycles. The Hall–Kier alpha value is -1.71. The molecule has 1 saturated heterocycles. The van der Waals surface area contributed by atoms with Crippen LogP contribution in [-0.4, -0.2) is 37.0 Å². The van der Waals surface area contributed by atoms with Crippen molar-refractivity contribution in [1.29, 1.82) is 0 Å². The molecule has 0 spiro atoms. The van der Waals surface area contributed by atoms with Gasteiger partial charge < -0.3 is 15.0 Å². The third-order valence-corrected chi connectivity index (χ3v) is 4.07. The number of anilines is 1. The maximum atomic E-state index is 12.8. The molecule has 0 radical (unpaired) electrons. The van der Waals surface area contributed by atoms with Crippen LogP contribution in [0.4, 0.5) is 5.69 Å². The summed E-state index contributed by atoms with van der Waals surface area (Å²) in [6.07, 6.45) is 1.20. The number of piperidine rings is 1. The first kappa shape index (κ1) is 13.3. The number of benzene rings is 1. The number of rotatable bonds is 1. The van der Waals surface area contributed by atoms with Gasteiger partial charge in [0, 0.05) is 19.6 Å². The number of ether oxygens (including phenoxy) is 1. The van der Waals surface area contributed by atoms with Crippen molar-refractivity contribution in [3.8, 4) is 5.75 Å². The van der Waals surface area contributed by atoms with Crippen molar-refractivity contribution in [3.63, 3.8) is 0 Å². The average Bonchev–Trinajstić information content (AvgIpc) is 2.45. The number of hydrogen-bond donors (Lipinski definition) is 1. The lowest BCUT2D eigenvalue weighted by Crippen LogP contribution is -2.42. The topological polar surface area (TPSA) is 41.6 Å². The highest BCUT2D eigenvalue weighted by Crippen LogP contribution is 2.33. The van der Waals surface area contributed by atoms with Crippen molar-refractivity contribution in [3.05, 3.63) is 23.8 Å². The van der Waals surface area contributed by atoms with E-state index in [1.165, 1.54) is 6.42 Å². The summed E-state index contributed by atoms with van der Waals surface area (Å²) < 4.78 is 5.71. The summed E-state index contributed by atoms with van der Waals surface area (Å²) in [6, 6.07) is 5.76. The molecule has 1 amide bonds. The molecule has 0 saturated carbocycles. The second-order valence-corrected chi connectivity index (χ2v) is 6.11. The number of nitrogens with one attached hydrogen (secondary N) is 1. The number of fused-ring (bicyclic) bond motifs is 1. The average molecular weight is 274 g/mol. The van der Waals surface area contributed by atoms with Crippen LogP contribution in [0.25, 0.3) is 0 Å². The number of likely N-dealkylation sites (tertiary alicyclic amines) is 1. The lowest BCUT2D eigenvalue weighted by molar-refractivity contribution is 0.0619. The van der Waals surface area contributed by atoms with Crippen molar-refractivity contribution in [2.24, 2.45) is 11.8 Å². The number of hydrogen-bond acceptors (Lipinski definition) is 3. The lowest BCUT2D eigenvalue weighted by Gasteiger charge is -2.35. The van der Waals surface area contributed by atoms with E-state index in [4.69, 9.17) is 4.74 Å². The Morgan fingerprint density at radius 2 is 2.05 bits per heavy atom. The molecule has 2 aliphatic rings. The quantitative estimate of drug-likeness (QED) is 0.856. The zero-order valence-electron chi connectivity index (χ0n) is 12.2. The van der Waals surface area contributed by atoms with E-state index in [-0.39, 0.29) is 5.91 Å². The highest BCUT2D eigenvalue weighted by molar-refractivity contribution is 5.99. The molecule has 20 heavy (non-hydrogen) atoms. The normalized spacial score (nSPS) is 25.4. The molecule has 2 unspecified atom stereocenters. The summed E-state index contributed by atoms with van der Waals surface area (Å²) in [6.45, 7) is 7.54. The Balaban J connectivity index is 1.87. The molecule has 1 N–H and O–H groups in total. The van der Waals surface area contributed by atoms with Gasteiger partial charge in [-0.25, -0.2) is 0 Å². The SMILES string of the molecule is CC1CC(C)CN(C(=O)c2cccc3c2OCCN3)C1. The second-order valence-electron chi connectivity index (χ2n) is 6.11. The standard InChI is InChI=1S/C16H22N2O2/c1-11-8-12(2)10-18(9-11)16(19)13-4-3-5-14-15(13)20-7-6-17-14/h3-5,11-12,17H,6-10H2,1-2H3. The van der Waals surface area contributed by atoms with Gasteiger partial charge in [0.25, 0.3) is 5.91 Å². The maximum Gasteiger partial charge on any atom is 0.257 e. The van der Waals surface area contributed by atoms with Gasteiger partial charge in [-0.15, -0.1) is 0 Å². The van der Waals surface area contributed by atoms with Crippen LogP contribution in [0.5, 0.6) is 5.75 Å². The van der Waals surface area contributed by atoms with Gasteiger partial charge >= 0.3 is 0 Å². The van der Waals surface area contributed by atoms with Gasteiger partial charge in [0.1, 0.15) is 6.61 Å². The molecule has 2 aliphatic heterocycles. The minimum atomic E-state index is 0.101. The van der Waals surface area contributed by atoms with E-state index in [1.807, 2.05) is 23.1 Å². The van der Waals surface area contributed by atoms with E-state index in [2.05, 4.69) is 19.2 Å². The Morgan fingerprint density at radius 1 is 1.30 bits per heavy atom. The molecule has 0 aromatic heterocycles. The van der Waals surface area contributed by atoms with Gasteiger partial charge in [0.2, 0.25) is 0 Å². The number of carbonyl (C=O) groups excluding carboxylic acids is 1. The van der Waals surface area contributed by atoms with E-state index in [0.29, 0.717) is 24.0 Å². The van der Waals surface area contributed by atoms with Crippen LogP contribution in [0, 0.1) is 11.8 Å². The number of nitrogens with zero attached hydrogens (tertiary/aromatic N) is 1. The highest BCUT2D eigenvalue weighted by atomic mass is 16.5. The smallest absolute Gasteiger partial charge is 0.257 e. The number of carbonyl (C=O) groups is 1. The predicted molar refractivity (Wildman–Crippen MR) is 79.3 cm³/mol. The largest absolute Gasteiger partial charge is 0.489 e. The van der Waals surface area contributed by atoms with Crippen molar-refractivity contribution in [2.75, 3.05) is 31.6 Å². The first-order valence-corrected chi connectivity index (χ1v) is 7.44. The lowest BCUT2D eigenvalue weighted by atomic mass is 9.91. The van der Waals surface area contributed by atoms with Crippen LogP contribution >= 0.6 is 0 Å². The zero-order chi connectivity index (χ0) is 14.1. The summed E-state index contributed by atoms with van der Waals surface area (Å²) >= 11 is 0. The second kappa shape index (κ2) is 5.35. The maximum absolute atomic E-state index is 12.8. The summed E-state index contributed by atoms with van der Waals surface area (Å²) in [5.74, 6) is 1.96. The number of amides is 1. The molecular formula is C16H22N2O2. The minimum absolute atomic E-state index is 0.101. The van der Waals surface area contributed by atoms with Gasteiger partial charge in [0.05, 0.1) is 11.3 Å². The van der Waals surface area contributed by atoms with Crippen molar-refractivity contribution >= 4 is 11.6 Å². The van der Waals surface area contributed by atoms with Crippen LogP contribution in [0.15, 0.2) is 18.2 Å². The Labute approximate surface area is 120 Å². The third kappa shape index (κ3) is 2.47. The van der Waals surface area contributed by atoms with Gasteiger partial charge in [0.15, 0.2) is 5.75 Å². The molecule has 1 aromatic carbocycles. The van der Waals surface area contributed by atoms with Crippen LogP contribution in [0.3, 0.4) is 0 Å². The van der Waals surface area contributed by atoms with Crippen molar-refractivity contribution in [1.82, 2.24) is 4.90 Å². The first-order valence-electron chi connectivity index (χ1n) is 7.44. The zero-order valence-corrected chi connectivity index (χ0v) is 12.2. The third-order valence-electron chi connectivity index (χ3n) is 4.07. The van der Waals surface area contributed by atoms with Gasteiger partial charge in [-0.2, -0.15) is 0 Å². The minimum Gasteiger partial charge on any atom is -0.489 e. The summed E-state index contributed by atoms with van der Waals surface area (Å²) in [7, 11) is 0. The van der Waals surface area contributed by atoms with Crippen molar-refractivity contribution in [2.45, 2.75) is 20.3 Å². The monoisotopic (exact) mass is 274 g/mol. The van der Waals surface area contributed by atoms with Gasteiger partial charge in [-0.05, 0) is 30.4 Å². The molecular weight excluding hydrogens is 252 g/mol. The molecule has 4 heteroatoms. The fraction of sp³-hybridized carbons (Fsp3) is 0.562. The number of para-hydroxylation sites is 1. The molecule has 1 aromatic rings. The fourth-order valence-electron chi connectivity index (χ4n) is 3.34. The molecule has 2 heterocycles. The van der Waals surface area contributed by atoms with E-state index in [0.717, 1.165) is 31.1 Å². The van der Waals surface area contributed by atoms with Crippen molar-refractivity contribution < 1.29 is 9.53 Å². The van der Waals surface area contributed by atoms with Gasteiger partial charge in [-0.3, -0.25) is 4.79 Å². The predicted octanol–water partition coefficient (Wildman–Crippen LogP) is 2.61.